The normalized spacial score (nSPS) is 12.8. The molecule has 16 heavy (non-hydrogen) atoms. The maximum absolute atomic E-state index is 12.6. The van der Waals surface area contributed by atoms with Gasteiger partial charge in [-0.3, -0.25) is 0 Å². The molecular weight excluding hydrogens is 313 g/mol. The van der Waals surface area contributed by atoms with E-state index in [1.54, 1.807) is 0 Å². The Kier molecular flexibility index (Phi) is 3.23. The fourth-order valence-corrected chi connectivity index (χ4v) is 2.74. The third-order valence-corrected chi connectivity index (χ3v) is 3.37. The van der Waals surface area contributed by atoms with Crippen molar-refractivity contribution in [3.63, 3.8) is 0 Å². The maximum Gasteiger partial charge on any atom is 0.418 e. The third kappa shape index (κ3) is 2.47. The average molecular weight is 319 g/mol. The molecule has 1 rings (SSSR count). The van der Waals surface area contributed by atoms with Crippen LogP contribution in [0.2, 0.25) is 0 Å². The molecule has 0 unspecified atom stereocenters. The standard InChI is InChI=1S/C7H6BrF3N2O2S/c8-3-1-2-4(12)6(16(13,14)15)5(3)7(9,10)11/h1-2H,12H2,(H2,13,14,15). The quantitative estimate of drug-likeness (QED) is 0.773. The van der Waals surface area contributed by atoms with Gasteiger partial charge in [-0.25, -0.2) is 13.6 Å². The Hall–Kier alpha value is -0.800. The van der Waals surface area contributed by atoms with Crippen molar-refractivity contribution in [1.29, 1.82) is 0 Å². The first-order valence-corrected chi connectivity index (χ1v) is 6.07. The second kappa shape index (κ2) is 3.90. The largest absolute Gasteiger partial charge is 0.418 e. The van der Waals surface area contributed by atoms with E-state index in [0.717, 1.165) is 12.1 Å². The molecule has 0 saturated carbocycles. The second-order valence-electron chi connectivity index (χ2n) is 2.88. The highest BCUT2D eigenvalue weighted by atomic mass is 79.9. The van der Waals surface area contributed by atoms with E-state index in [1.807, 2.05) is 0 Å². The highest BCUT2D eigenvalue weighted by Gasteiger charge is 2.39. The molecule has 0 heterocycles. The number of hydrogen-bond donors (Lipinski definition) is 2. The molecule has 0 aliphatic rings. The molecule has 1 aromatic carbocycles. The van der Waals surface area contributed by atoms with Crippen LogP contribution in [0.5, 0.6) is 0 Å². The van der Waals surface area contributed by atoms with Crippen LogP contribution in [0.25, 0.3) is 0 Å². The van der Waals surface area contributed by atoms with Crippen LogP contribution < -0.4 is 10.9 Å². The number of anilines is 1. The molecule has 0 fully saturated rings. The summed E-state index contributed by atoms with van der Waals surface area (Å²) in [7, 11) is -4.54. The molecule has 0 atom stereocenters. The molecule has 0 radical (unpaired) electrons. The van der Waals surface area contributed by atoms with Gasteiger partial charge in [-0.2, -0.15) is 13.2 Å². The minimum Gasteiger partial charge on any atom is -0.398 e. The lowest BCUT2D eigenvalue weighted by atomic mass is 10.2. The Balaban J connectivity index is 3.78. The monoisotopic (exact) mass is 318 g/mol. The lowest BCUT2D eigenvalue weighted by molar-refractivity contribution is -0.140. The van der Waals surface area contributed by atoms with Gasteiger partial charge in [0.15, 0.2) is 0 Å². The SMILES string of the molecule is Nc1ccc(Br)c(C(F)(F)F)c1S(N)(=O)=O. The summed E-state index contributed by atoms with van der Waals surface area (Å²) in [6, 6.07) is 2.03. The molecular formula is C7H6BrF3N2O2S. The predicted molar refractivity (Wildman–Crippen MR) is 54.9 cm³/mol. The molecule has 9 heteroatoms. The molecule has 4 nitrogen and oxygen atoms in total. The van der Waals surface area contributed by atoms with Crippen LogP contribution in [0.4, 0.5) is 18.9 Å². The molecule has 0 aliphatic carbocycles. The van der Waals surface area contributed by atoms with E-state index in [1.165, 1.54) is 0 Å². The molecule has 90 valence electrons. The number of hydrogen-bond acceptors (Lipinski definition) is 3. The Morgan fingerprint density at radius 2 is 1.75 bits per heavy atom. The molecule has 0 saturated heterocycles. The number of alkyl halides is 3. The summed E-state index contributed by atoms with van der Waals surface area (Å²) in [6.07, 6.45) is -4.87. The van der Waals surface area contributed by atoms with Gasteiger partial charge in [-0.1, -0.05) is 15.9 Å². The van der Waals surface area contributed by atoms with Gasteiger partial charge in [0.1, 0.15) is 4.90 Å². The summed E-state index contributed by atoms with van der Waals surface area (Å²) in [5, 5.41) is 4.70. The second-order valence-corrected chi connectivity index (χ2v) is 5.24. The summed E-state index contributed by atoms with van der Waals surface area (Å²) >= 11 is 2.61. The number of nitrogens with two attached hydrogens (primary N) is 2. The predicted octanol–water partition coefficient (Wildman–Crippen LogP) is 1.70. The summed E-state index contributed by atoms with van der Waals surface area (Å²) in [6.45, 7) is 0. The van der Waals surface area contributed by atoms with E-state index in [2.05, 4.69) is 15.9 Å². The van der Waals surface area contributed by atoms with E-state index in [4.69, 9.17) is 10.9 Å². The van der Waals surface area contributed by atoms with Gasteiger partial charge in [-0.15, -0.1) is 0 Å². The molecule has 0 aliphatic heterocycles. The van der Waals surface area contributed by atoms with E-state index in [0.29, 0.717) is 0 Å². The van der Waals surface area contributed by atoms with E-state index in [9.17, 15) is 21.6 Å². The first kappa shape index (κ1) is 13.3. The van der Waals surface area contributed by atoms with E-state index in [-0.39, 0.29) is 0 Å². The third-order valence-electron chi connectivity index (χ3n) is 1.71. The zero-order valence-electron chi connectivity index (χ0n) is 7.55. The van der Waals surface area contributed by atoms with Crippen LogP contribution in [0.1, 0.15) is 5.56 Å². The number of benzene rings is 1. The number of primary sulfonamides is 1. The summed E-state index contributed by atoms with van der Waals surface area (Å²) < 4.78 is 59.5. The minimum absolute atomic E-state index is 0.432. The van der Waals surface area contributed by atoms with Crippen LogP contribution in [0.15, 0.2) is 21.5 Å². The number of rotatable bonds is 1. The smallest absolute Gasteiger partial charge is 0.398 e. The Labute approximate surface area is 97.6 Å². The Bertz CT molecular complexity index is 527. The lowest BCUT2D eigenvalue weighted by Crippen LogP contribution is -2.21. The van der Waals surface area contributed by atoms with Gasteiger partial charge < -0.3 is 5.73 Å². The Morgan fingerprint density at radius 3 is 2.06 bits per heavy atom. The van der Waals surface area contributed by atoms with Gasteiger partial charge in [0.05, 0.1) is 11.3 Å². The van der Waals surface area contributed by atoms with Crippen molar-refractivity contribution in [3.05, 3.63) is 22.2 Å². The van der Waals surface area contributed by atoms with Crippen LogP contribution in [0, 0.1) is 0 Å². The van der Waals surface area contributed by atoms with Crippen LogP contribution in [-0.2, 0) is 16.2 Å². The lowest BCUT2D eigenvalue weighted by Gasteiger charge is -2.14. The van der Waals surface area contributed by atoms with E-state index >= 15 is 0 Å². The van der Waals surface area contributed by atoms with Crippen LogP contribution >= 0.6 is 15.9 Å². The van der Waals surface area contributed by atoms with Gasteiger partial charge in [0.25, 0.3) is 0 Å². The highest BCUT2D eigenvalue weighted by Crippen LogP contribution is 2.41. The molecule has 0 spiro atoms. The summed E-state index contributed by atoms with van der Waals surface area (Å²) in [5.74, 6) is 0. The van der Waals surface area contributed by atoms with Crippen molar-refractivity contribution in [3.8, 4) is 0 Å². The van der Waals surface area contributed by atoms with Gasteiger partial charge in [-0.05, 0) is 12.1 Å². The molecule has 0 aromatic heterocycles. The number of halogens is 4. The first-order chi connectivity index (χ1) is 7.05. The molecule has 0 bridgehead atoms. The fraction of sp³-hybridized carbons (Fsp3) is 0.143. The van der Waals surface area contributed by atoms with Crippen molar-refractivity contribution in [2.24, 2.45) is 5.14 Å². The van der Waals surface area contributed by atoms with Crippen molar-refractivity contribution >= 4 is 31.6 Å². The fourth-order valence-electron chi connectivity index (χ4n) is 1.15. The van der Waals surface area contributed by atoms with Crippen molar-refractivity contribution in [1.82, 2.24) is 0 Å². The molecule has 1 aromatic rings. The topological polar surface area (TPSA) is 86.2 Å². The van der Waals surface area contributed by atoms with Crippen LogP contribution in [0.3, 0.4) is 0 Å². The van der Waals surface area contributed by atoms with Gasteiger partial charge in [0, 0.05) is 4.47 Å². The molecule has 0 amide bonds. The zero-order valence-corrected chi connectivity index (χ0v) is 9.95. The average Bonchev–Trinajstić information content (AvgIpc) is 2.04. The highest BCUT2D eigenvalue weighted by molar-refractivity contribution is 9.10. The van der Waals surface area contributed by atoms with Crippen LogP contribution in [-0.4, -0.2) is 8.42 Å². The minimum atomic E-state index is -4.87. The maximum atomic E-state index is 12.6. The Morgan fingerprint density at radius 1 is 1.25 bits per heavy atom. The van der Waals surface area contributed by atoms with Crippen molar-refractivity contribution in [2.75, 3.05) is 5.73 Å². The molecule has 4 N–H and O–H groups in total. The van der Waals surface area contributed by atoms with Gasteiger partial charge in [0.2, 0.25) is 10.0 Å². The van der Waals surface area contributed by atoms with Crippen molar-refractivity contribution < 1.29 is 21.6 Å². The summed E-state index contributed by atoms with van der Waals surface area (Å²) in [5.41, 5.74) is 3.26. The van der Waals surface area contributed by atoms with Gasteiger partial charge >= 0.3 is 6.18 Å². The number of nitrogen functional groups attached to an aromatic ring is 1. The summed E-state index contributed by atoms with van der Waals surface area (Å²) in [4.78, 5) is -1.12. The van der Waals surface area contributed by atoms with E-state index < -0.39 is 36.8 Å². The first-order valence-electron chi connectivity index (χ1n) is 3.73. The number of sulfonamides is 1. The zero-order chi connectivity index (χ0) is 12.7. The van der Waals surface area contributed by atoms with Crippen molar-refractivity contribution in [2.45, 2.75) is 11.1 Å².